The summed E-state index contributed by atoms with van der Waals surface area (Å²) in [5, 5.41) is 12.3. The molecule has 25 heavy (non-hydrogen) atoms. The minimum Gasteiger partial charge on any atom is -0.480 e. The molecule has 0 aromatic heterocycles. The Balaban J connectivity index is 1.64. The van der Waals surface area contributed by atoms with Gasteiger partial charge in [0.15, 0.2) is 0 Å². The molecule has 2 aliphatic rings. The van der Waals surface area contributed by atoms with E-state index in [0.717, 1.165) is 29.2 Å². The Morgan fingerprint density at radius 1 is 1.20 bits per heavy atom. The van der Waals surface area contributed by atoms with Gasteiger partial charge >= 0.3 is 5.97 Å². The molecule has 3 rings (SSSR count). The smallest absolute Gasteiger partial charge is 0.329 e. The number of carbonyl (C=O) groups is 3. The van der Waals surface area contributed by atoms with Crippen LogP contribution in [0.1, 0.15) is 31.2 Å². The van der Waals surface area contributed by atoms with Crippen LogP contribution in [0.2, 0.25) is 0 Å². The first-order valence-corrected chi connectivity index (χ1v) is 9.68. The zero-order valence-electron chi connectivity index (χ0n) is 14.0. The Morgan fingerprint density at radius 2 is 1.92 bits per heavy atom. The topological polar surface area (TPSA) is 86.7 Å². The van der Waals surface area contributed by atoms with Gasteiger partial charge < -0.3 is 15.3 Å². The van der Waals surface area contributed by atoms with Crippen molar-refractivity contribution in [3.05, 3.63) is 29.8 Å². The van der Waals surface area contributed by atoms with Crippen molar-refractivity contribution in [2.24, 2.45) is 0 Å². The normalized spacial score (nSPS) is 19.2. The Morgan fingerprint density at radius 3 is 2.64 bits per heavy atom. The fourth-order valence-corrected chi connectivity index (χ4v) is 4.59. The van der Waals surface area contributed by atoms with Crippen molar-refractivity contribution in [3.63, 3.8) is 0 Å². The van der Waals surface area contributed by atoms with Crippen LogP contribution in [0.4, 0.5) is 5.69 Å². The molecule has 1 aromatic carbocycles. The van der Waals surface area contributed by atoms with Crippen molar-refractivity contribution < 1.29 is 19.5 Å². The highest BCUT2D eigenvalue weighted by Gasteiger charge is 2.41. The monoisotopic (exact) mass is 362 g/mol. The van der Waals surface area contributed by atoms with Crippen LogP contribution in [0, 0.1) is 0 Å². The van der Waals surface area contributed by atoms with Crippen molar-refractivity contribution in [2.45, 2.75) is 37.6 Å². The fourth-order valence-electron chi connectivity index (χ4n) is 3.40. The lowest BCUT2D eigenvalue weighted by molar-refractivity contribution is -0.148. The molecule has 2 heterocycles. The maximum absolute atomic E-state index is 12.4. The van der Waals surface area contributed by atoms with E-state index in [1.54, 1.807) is 16.7 Å². The zero-order valence-corrected chi connectivity index (χ0v) is 14.8. The van der Waals surface area contributed by atoms with Crippen LogP contribution in [-0.4, -0.2) is 46.5 Å². The molecule has 0 spiro atoms. The number of hydrogen-bond acceptors (Lipinski definition) is 4. The van der Waals surface area contributed by atoms with Crippen LogP contribution >= 0.6 is 11.8 Å². The molecule has 6 nitrogen and oxygen atoms in total. The Bertz CT molecular complexity index is 685. The second-order valence-corrected chi connectivity index (χ2v) is 7.70. The molecule has 0 radical (unpaired) electrons. The lowest BCUT2D eigenvalue weighted by Gasteiger charge is -2.34. The van der Waals surface area contributed by atoms with Gasteiger partial charge in [0.1, 0.15) is 5.54 Å². The molecule has 2 aliphatic heterocycles. The maximum atomic E-state index is 12.4. The molecule has 2 amide bonds. The van der Waals surface area contributed by atoms with Crippen molar-refractivity contribution in [1.29, 1.82) is 0 Å². The first-order chi connectivity index (χ1) is 12.0. The van der Waals surface area contributed by atoms with Gasteiger partial charge in [-0.15, -0.1) is 0 Å². The second kappa shape index (κ2) is 7.47. The number of benzene rings is 1. The minimum atomic E-state index is -1.16. The molecule has 1 fully saturated rings. The van der Waals surface area contributed by atoms with Gasteiger partial charge in [0, 0.05) is 25.1 Å². The van der Waals surface area contributed by atoms with E-state index in [4.69, 9.17) is 0 Å². The first-order valence-electron chi connectivity index (χ1n) is 8.52. The second-order valence-electron chi connectivity index (χ2n) is 6.47. The molecule has 7 heteroatoms. The van der Waals surface area contributed by atoms with E-state index < -0.39 is 11.5 Å². The predicted molar refractivity (Wildman–Crippen MR) is 96.8 cm³/mol. The van der Waals surface area contributed by atoms with Crippen molar-refractivity contribution in [1.82, 2.24) is 5.32 Å². The lowest BCUT2D eigenvalue weighted by Crippen LogP contribution is -2.57. The molecule has 0 atom stereocenters. The number of thioether (sulfide) groups is 1. The summed E-state index contributed by atoms with van der Waals surface area (Å²) in [6.45, 7) is 0.270. The number of aryl methyl sites for hydroxylation is 1. The van der Waals surface area contributed by atoms with Gasteiger partial charge in [-0.25, -0.2) is 4.79 Å². The number of nitrogens with one attached hydrogen (secondary N) is 1. The van der Waals surface area contributed by atoms with Crippen LogP contribution in [0.3, 0.4) is 0 Å². The van der Waals surface area contributed by atoms with E-state index in [1.165, 1.54) is 0 Å². The number of fused-ring (bicyclic) bond motifs is 1. The van der Waals surface area contributed by atoms with Crippen LogP contribution < -0.4 is 10.2 Å². The van der Waals surface area contributed by atoms with Gasteiger partial charge in [0.25, 0.3) is 0 Å². The van der Waals surface area contributed by atoms with Gasteiger partial charge in [0.05, 0.1) is 0 Å². The van der Waals surface area contributed by atoms with E-state index in [0.29, 0.717) is 19.3 Å². The van der Waals surface area contributed by atoms with E-state index >= 15 is 0 Å². The summed E-state index contributed by atoms with van der Waals surface area (Å²) in [6, 6.07) is 7.70. The van der Waals surface area contributed by atoms with Crippen LogP contribution in [0.25, 0.3) is 0 Å². The highest BCUT2D eigenvalue weighted by atomic mass is 32.2. The predicted octanol–water partition coefficient (Wildman–Crippen LogP) is 1.82. The number of hydrogen-bond donors (Lipinski definition) is 2. The van der Waals surface area contributed by atoms with Crippen LogP contribution in [-0.2, 0) is 20.8 Å². The van der Waals surface area contributed by atoms with Crippen molar-refractivity contribution >= 4 is 35.2 Å². The summed E-state index contributed by atoms with van der Waals surface area (Å²) in [6.07, 6.45) is 2.13. The molecule has 0 aliphatic carbocycles. The number of carboxylic acid groups (broad SMARTS) is 1. The largest absolute Gasteiger partial charge is 0.480 e. The molecule has 2 N–H and O–H groups in total. The molecule has 0 unspecified atom stereocenters. The average molecular weight is 362 g/mol. The van der Waals surface area contributed by atoms with Gasteiger partial charge in [0.2, 0.25) is 11.8 Å². The number of carboxylic acids is 1. The van der Waals surface area contributed by atoms with E-state index in [9.17, 15) is 19.5 Å². The molecular weight excluding hydrogens is 340 g/mol. The maximum Gasteiger partial charge on any atom is 0.329 e. The van der Waals surface area contributed by atoms with Gasteiger partial charge in [-0.1, -0.05) is 18.2 Å². The number of rotatable bonds is 5. The minimum absolute atomic E-state index is 0.00788. The molecule has 0 saturated carbocycles. The molecule has 1 saturated heterocycles. The van der Waals surface area contributed by atoms with Gasteiger partial charge in [-0.05, 0) is 42.4 Å². The Hall–Kier alpha value is -2.02. The number of carbonyl (C=O) groups excluding carboxylic acids is 2. The third kappa shape index (κ3) is 3.81. The highest BCUT2D eigenvalue weighted by Crippen LogP contribution is 2.29. The first kappa shape index (κ1) is 17.8. The SMILES string of the molecule is O=C(CCN1C(=O)CCc2ccccc21)NC1(C(=O)O)CCSCC1. The summed E-state index contributed by atoms with van der Waals surface area (Å²) >= 11 is 1.70. The van der Waals surface area contributed by atoms with E-state index in [2.05, 4.69) is 5.32 Å². The number of aliphatic carboxylic acids is 1. The Labute approximate surface area is 151 Å². The van der Waals surface area contributed by atoms with Crippen LogP contribution in [0.15, 0.2) is 24.3 Å². The highest BCUT2D eigenvalue weighted by molar-refractivity contribution is 7.99. The van der Waals surface area contributed by atoms with Crippen molar-refractivity contribution in [2.75, 3.05) is 23.0 Å². The summed E-state index contributed by atoms with van der Waals surface area (Å²) in [5.41, 5.74) is 0.800. The van der Waals surface area contributed by atoms with E-state index in [-0.39, 0.29) is 24.8 Å². The average Bonchev–Trinajstić information content (AvgIpc) is 2.61. The van der Waals surface area contributed by atoms with Crippen molar-refractivity contribution in [3.8, 4) is 0 Å². The summed E-state index contributed by atoms with van der Waals surface area (Å²) in [4.78, 5) is 37.9. The lowest BCUT2D eigenvalue weighted by atomic mass is 9.92. The number of anilines is 1. The van der Waals surface area contributed by atoms with Gasteiger partial charge in [-0.2, -0.15) is 11.8 Å². The number of amides is 2. The third-order valence-corrected chi connectivity index (χ3v) is 5.87. The van der Waals surface area contributed by atoms with Crippen LogP contribution in [0.5, 0.6) is 0 Å². The van der Waals surface area contributed by atoms with E-state index in [1.807, 2.05) is 24.3 Å². The third-order valence-electron chi connectivity index (χ3n) is 4.89. The fraction of sp³-hybridized carbons (Fsp3) is 0.500. The summed E-state index contributed by atoms with van der Waals surface area (Å²) in [5.74, 6) is 0.175. The summed E-state index contributed by atoms with van der Waals surface area (Å²) < 4.78 is 0. The standard InChI is InChI=1S/C18H22N2O4S/c21-15(19-18(17(23)24)8-11-25-12-9-18)7-10-20-14-4-2-1-3-13(14)5-6-16(20)22/h1-4H,5-12H2,(H,19,21)(H,23,24). The molecular formula is C18H22N2O4S. The molecule has 1 aromatic rings. The molecule has 134 valence electrons. The summed E-state index contributed by atoms with van der Waals surface area (Å²) in [7, 11) is 0. The number of nitrogens with zero attached hydrogens (tertiary/aromatic N) is 1. The quantitative estimate of drug-likeness (QED) is 0.834. The van der Waals surface area contributed by atoms with Gasteiger partial charge in [-0.3, -0.25) is 9.59 Å². The Kier molecular flexibility index (Phi) is 5.32. The molecule has 0 bridgehead atoms. The number of para-hydroxylation sites is 1. The zero-order chi connectivity index (χ0) is 17.9.